The van der Waals surface area contributed by atoms with Crippen LogP contribution in [-0.4, -0.2) is 19.8 Å². The Morgan fingerprint density at radius 3 is 3.00 bits per heavy atom. The summed E-state index contributed by atoms with van der Waals surface area (Å²) in [5.74, 6) is 0.809. The maximum Gasteiger partial charge on any atom is 0.101 e. The summed E-state index contributed by atoms with van der Waals surface area (Å²) in [6.07, 6.45) is 2.65. The summed E-state index contributed by atoms with van der Waals surface area (Å²) in [5.41, 5.74) is 2.76. The predicted molar refractivity (Wildman–Crippen MR) is 67.9 cm³/mol. The molecule has 0 amide bonds. The highest BCUT2D eigenvalue weighted by Crippen LogP contribution is 2.28. The van der Waals surface area contributed by atoms with E-state index in [-0.39, 0.29) is 0 Å². The van der Waals surface area contributed by atoms with E-state index in [1.807, 2.05) is 25.1 Å². The molecule has 2 rings (SSSR count). The van der Waals surface area contributed by atoms with Gasteiger partial charge in [-0.25, -0.2) is 0 Å². The van der Waals surface area contributed by atoms with Gasteiger partial charge in [0.1, 0.15) is 6.07 Å². The summed E-state index contributed by atoms with van der Waals surface area (Å²) in [4.78, 5) is 0. The van der Waals surface area contributed by atoms with E-state index in [1.54, 1.807) is 0 Å². The Hall–Kier alpha value is -1.53. The first-order valence-electron chi connectivity index (χ1n) is 6.12. The van der Waals surface area contributed by atoms with Crippen molar-refractivity contribution >= 4 is 5.69 Å². The number of ether oxygens (including phenoxy) is 1. The normalized spacial score (nSPS) is 14.4. The van der Waals surface area contributed by atoms with Crippen molar-refractivity contribution in [3.05, 3.63) is 29.3 Å². The van der Waals surface area contributed by atoms with E-state index in [2.05, 4.69) is 11.4 Å². The molecule has 3 heteroatoms. The van der Waals surface area contributed by atoms with E-state index in [9.17, 15) is 0 Å². The smallest absolute Gasteiger partial charge is 0.101 e. The van der Waals surface area contributed by atoms with Crippen molar-refractivity contribution < 1.29 is 4.74 Å². The van der Waals surface area contributed by atoms with Gasteiger partial charge in [0.15, 0.2) is 0 Å². The molecule has 0 heterocycles. The average Bonchev–Trinajstić information content (AvgIpc) is 3.13. The van der Waals surface area contributed by atoms with Gasteiger partial charge in [0, 0.05) is 13.2 Å². The molecule has 1 aromatic carbocycles. The second-order valence-electron chi connectivity index (χ2n) is 4.61. The molecular formula is C14H18N2O. The summed E-state index contributed by atoms with van der Waals surface area (Å²) >= 11 is 0. The second-order valence-corrected chi connectivity index (χ2v) is 4.61. The van der Waals surface area contributed by atoms with Crippen LogP contribution in [0.2, 0.25) is 0 Å². The van der Waals surface area contributed by atoms with Gasteiger partial charge in [0.25, 0.3) is 0 Å². The average molecular weight is 230 g/mol. The van der Waals surface area contributed by atoms with Crippen LogP contribution in [0, 0.1) is 24.2 Å². The minimum Gasteiger partial charge on any atom is -0.382 e. The van der Waals surface area contributed by atoms with Gasteiger partial charge in [-0.1, -0.05) is 6.07 Å². The van der Waals surface area contributed by atoms with Crippen LogP contribution < -0.4 is 5.32 Å². The van der Waals surface area contributed by atoms with E-state index >= 15 is 0 Å². The molecule has 0 aliphatic heterocycles. The molecule has 90 valence electrons. The standard InChI is InChI=1S/C14H18N2O/c1-11-2-5-13(9-15)14(8-11)16-6-7-17-10-12-3-4-12/h2,5,8,12,16H,3-4,6-7,10H2,1H3. The zero-order chi connectivity index (χ0) is 12.1. The number of hydrogen-bond donors (Lipinski definition) is 1. The molecule has 1 saturated carbocycles. The summed E-state index contributed by atoms with van der Waals surface area (Å²) in [5, 5.41) is 12.2. The molecule has 1 aromatic rings. The summed E-state index contributed by atoms with van der Waals surface area (Å²) in [7, 11) is 0. The Morgan fingerprint density at radius 2 is 2.29 bits per heavy atom. The van der Waals surface area contributed by atoms with E-state index in [0.717, 1.165) is 30.3 Å². The third-order valence-electron chi connectivity index (χ3n) is 2.91. The molecule has 0 atom stereocenters. The van der Waals surface area contributed by atoms with Gasteiger partial charge in [-0.05, 0) is 43.4 Å². The van der Waals surface area contributed by atoms with Gasteiger partial charge in [-0.3, -0.25) is 0 Å². The fraction of sp³-hybridized carbons (Fsp3) is 0.500. The lowest BCUT2D eigenvalue weighted by molar-refractivity contribution is 0.134. The van der Waals surface area contributed by atoms with Gasteiger partial charge in [-0.2, -0.15) is 5.26 Å². The highest BCUT2D eigenvalue weighted by Gasteiger charge is 2.20. The van der Waals surface area contributed by atoms with Crippen molar-refractivity contribution in [3.63, 3.8) is 0 Å². The zero-order valence-electron chi connectivity index (χ0n) is 10.2. The predicted octanol–water partition coefficient (Wildman–Crippen LogP) is 2.71. The molecule has 0 aromatic heterocycles. The van der Waals surface area contributed by atoms with Crippen molar-refractivity contribution in [2.45, 2.75) is 19.8 Å². The lowest BCUT2D eigenvalue weighted by Crippen LogP contribution is -2.11. The molecule has 1 aliphatic carbocycles. The van der Waals surface area contributed by atoms with Gasteiger partial charge >= 0.3 is 0 Å². The maximum absolute atomic E-state index is 8.97. The van der Waals surface area contributed by atoms with E-state index in [0.29, 0.717) is 12.2 Å². The first-order valence-corrected chi connectivity index (χ1v) is 6.12. The number of nitrogens with zero attached hydrogens (tertiary/aromatic N) is 1. The number of hydrogen-bond acceptors (Lipinski definition) is 3. The van der Waals surface area contributed by atoms with Gasteiger partial charge in [0.2, 0.25) is 0 Å². The summed E-state index contributed by atoms with van der Waals surface area (Å²) in [6, 6.07) is 7.99. The van der Waals surface area contributed by atoms with Crippen LogP contribution in [0.25, 0.3) is 0 Å². The minimum atomic E-state index is 0.692. The molecule has 17 heavy (non-hydrogen) atoms. The molecule has 1 N–H and O–H groups in total. The van der Waals surface area contributed by atoms with Gasteiger partial charge in [-0.15, -0.1) is 0 Å². The van der Waals surface area contributed by atoms with Crippen LogP contribution in [0.4, 0.5) is 5.69 Å². The molecule has 0 bridgehead atoms. The highest BCUT2D eigenvalue weighted by atomic mass is 16.5. The van der Waals surface area contributed by atoms with Crippen LogP contribution >= 0.6 is 0 Å². The van der Waals surface area contributed by atoms with E-state index in [1.165, 1.54) is 12.8 Å². The molecule has 0 saturated heterocycles. The molecule has 1 fully saturated rings. The molecule has 0 radical (unpaired) electrons. The van der Waals surface area contributed by atoms with E-state index < -0.39 is 0 Å². The fourth-order valence-electron chi connectivity index (χ4n) is 1.69. The third kappa shape index (κ3) is 3.76. The largest absolute Gasteiger partial charge is 0.382 e. The molecule has 0 unspecified atom stereocenters. The number of anilines is 1. The Labute approximate surface area is 102 Å². The van der Waals surface area contributed by atoms with Crippen LogP contribution in [0.15, 0.2) is 18.2 Å². The Morgan fingerprint density at radius 1 is 1.47 bits per heavy atom. The Bertz CT molecular complexity index is 419. The number of nitriles is 1. The van der Waals surface area contributed by atoms with Crippen LogP contribution in [0.3, 0.4) is 0 Å². The Balaban J connectivity index is 1.76. The van der Waals surface area contributed by atoms with Crippen molar-refractivity contribution in [3.8, 4) is 6.07 Å². The minimum absolute atomic E-state index is 0.692. The lowest BCUT2D eigenvalue weighted by Gasteiger charge is -2.09. The second kappa shape index (κ2) is 5.70. The quantitative estimate of drug-likeness (QED) is 0.764. The summed E-state index contributed by atoms with van der Waals surface area (Å²) < 4.78 is 5.54. The molecule has 3 nitrogen and oxygen atoms in total. The molecule has 0 spiro atoms. The van der Waals surface area contributed by atoms with Crippen molar-refractivity contribution in [1.82, 2.24) is 0 Å². The van der Waals surface area contributed by atoms with Gasteiger partial charge < -0.3 is 10.1 Å². The molecule has 1 aliphatic rings. The van der Waals surface area contributed by atoms with Crippen LogP contribution in [0.1, 0.15) is 24.0 Å². The maximum atomic E-state index is 8.97. The van der Waals surface area contributed by atoms with Crippen molar-refractivity contribution in [2.24, 2.45) is 5.92 Å². The third-order valence-corrected chi connectivity index (χ3v) is 2.91. The van der Waals surface area contributed by atoms with Gasteiger partial charge in [0.05, 0.1) is 17.9 Å². The molecular weight excluding hydrogens is 212 g/mol. The topological polar surface area (TPSA) is 45.0 Å². The number of benzene rings is 1. The lowest BCUT2D eigenvalue weighted by atomic mass is 10.1. The van der Waals surface area contributed by atoms with Crippen molar-refractivity contribution in [2.75, 3.05) is 25.1 Å². The van der Waals surface area contributed by atoms with E-state index in [4.69, 9.17) is 10.00 Å². The monoisotopic (exact) mass is 230 g/mol. The van der Waals surface area contributed by atoms with Crippen LogP contribution in [-0.2, 0) is 4.74 Å². The van der Waals surface area contributed by atoms with Crippen LogP contribution in [0.5, 0.6) is 0 Å². The Kier molecular flexibility index (Phi) is 4.00. The number of nitrogens with one attached hydrogen (secondary N) is 1. The highest BCUT2D eigenvalue weighted by molar-refractivity contribution is 5.58. The zero-order valence-corrected chi connectivity index (χ0v) is 10.2. The first-order chi connectivity index (χ1) is 8.29. The number of aryl methyl sites for hydroxylation is 1. The fourth-order valence-corrected chi connectivity index (χ4v) is 1.69. The first kappa shape index (κ1) is 11.9. The number of rotatable bonds is 6. The van der Waals surface area contributed by atoms with Crippen molar-refractivity contribution in [1.29, 1.82) is 5.26 Å². The SMILES string of the molecule is Cc1ccc(C#N)c(NCCOCC2CC2)c1. The summed E-state index contributed by atoms with van der Waals surface area (Å²) in [6.45, 7) is 4.37.